The number of fused-ring (bicyclic) bond motifs is 3. The number of ketones is 1. The third-order valence-electron chi connectivity index (χ3n) is 10.6. The van der Waals surface area contributed by atoms with E-state index in [1.165, 1.54) is 6.08 Å². The summed E-state index contributed by atoms with van der Waals surface area (Å²) >= 11 is 0. The number of carbonyl (C=O) groups is 2. The Morgan fingerprint density at radius 3 is 2.36 bits per heavy atom. The highest BCUT2D eigenvalue weighted by Crippen LogP contribution is 2.67. The molecule has 0 spiro atoms. The average Bonchev–Trinajstić information content (AvgIpc) is 2.86. The highest BCUT2D eigenvalue weighted by atomic mass is 35.5. The first-order valence-electron chi connectivity index (χ1n) is 14.5. The van der Waals surface area contributed by atoms with Gasteiger partial charge in [-0.25, -0.2) is 0 Å². The number of aliphatic hydroxyl groups excluding tert-OH is 2. The highest BCUT2D eigenvalue weighted by molar-refractivity contribution is 5.92. The van der Waals surface area contributed by atoms with Gasteiger partial charge in [-0.2, -0.15) is 0 Å². The van der Waals surface area contributed by atoms with E-state index < -0.39 is 69.7 Å². The van der Waals surface area contributed by atoms with E-state index in [1.54, 1.807) is 20.8 Å². The van der Waals surface area contributed by atoms with Crippen molar-refractivity contribution in [3.05, 3.63) is 12.7 Å². The van der Waals surface area contributed by atoms with E-state index in [-0.39, 0.29) is 18.8 Å². The molecule has 4 aliphatic rings. The monoisotopic (exact) mass is 571 g/mol. The second kappa shape index (κ2) is 11.0. The van der Waals surface area contributed by atoms with Gasteiger partial charge in [-0.15, -0.1) is 19.0 Å². The van der Waals surface area contributed by atoms with Crippen LogP contribution in [0.3, 0.4) is 0 Å². The second-order valence-corrected chi connectivity index (χ2v) is 13.6. The number of ether oxygens (including phenoxy) is 2. The van der Waals surface area contributed by atoms with E-state index in [2.05, 4.69) is 11.5 Å². The molecule has 2 aliphatic heterocycles. The molecule has 39 heavy (non-hydrogen) atoms. The number of esters is 1. The quantitative estimate of drug-likeness (QED) is 0.327. The summed E-state index contributed by atoms with van der Waals surface area (Å²) in [5, 5.41) is 36.1. The lowest BCUT2D eigenvalue weighted by Crippen LogP contribution is -2.86. The van der Waals surface area contributed by atoms with Gasteiger partial charge in [0, 0.05) is 17.8 Å². The first-order valence-corrected chi connectivity index (χ1v) is 14.5. The number of nitrogens with zero attached hydrogens (tertiary/aromatic N) is 1. The van der Waals surface area contributed by atoms with Crippen molar-refractivity contribution in [2.45, 2.75) is 134 Å². The molecule has 0 aromatic carbocycles. The Morgan fingerprint density at radius 1 is 1.18 bits per heavy atom. The predicted octanol–water partition coefficient (Wildman–Crippen LogP) is 3.58. The molecule has 2 saturated carbocycles. The van der Waals surface area contributed by atoms with Crippen LogP contribution in [0.2, 0.25) is 0 Å². The minimum absolute atomic E-state index is 0. The molecular weight excluding hydrogens is 522 g/mol. The molecule has 224 valence electrons. The fraction of sp³-hybridized carbons (Fsp3) is 0.867. The van der Waals surface area contributed by atoms with Gasteiger partial charge in [0.25, 0.3) is 0 Å². The maximum atomic E-state index is 14.0. The fourth-order valence-electron chi connectivity index (χ4n) is 8.64. The SMILES string of the molecule is C=C[C@@]1(C)CC(=O)[C@]2(O)[C@@]3(C)[C@@H](O)CCC(C)(C)[C@@H]3[C@H](O)[C@H](OC(=O)C(CCC)N3CCCCC3)[C@@]2(C)O1.Cl. The number of Topliss-reactive ketones (excluding diaryl/α,β-unsaturated/α-hetero) is 1. The molecule has 9 atom stereocenters. The summed E-state index contributed by atoms with van der Waals surface area (Å²) in [7, 11) is 0. The summed E-state index contributed by atoms with van der Waals surface area (Å²) in [6, 6.07) is -0.479. The molecule has 9 heteroatoms. The van der Waals surface area contributed by atoms with Crippen LogP contribution in [0.4, 0.5) is 0 Å². The zero-order chi connectivity index (χ0) is 28.3. The minimum atomic E-state index is -2.21. The largest absolute Gasteiger partial charge is 0.455 e. The summed E-state index contributed by atoms with van der Waals surface area (Å²) in [4.78, 5) is 30.1. The molecule has 2 heterocycles. The molecule has 2 aliphatic carbocycles. The van der Waals surface area contributed by atoms with E-state index in [0.29, 0.717) is 19.3 Å². The lowest BCUT2D eigenvalue weighted by Gasteiger charge is -2.71. The van der Waals surface area contributed by atoms with Crippen molar-refractivity contribution in [2.24, 2.45) is 16.7 Å². The molecule has 0 bridgehead atoms. The van der Waals surface area contributed by atoms with Crippen LogP contribution in [0.25, 0.3) is 0 Å². The first kappa shape index (κ1) is 32.5. The van der Waals surface area contributed by atoms with Gasteiger partial charge in [0.2, 0.25) is 0 Å². The summed E-state index contributed by atoms with van der Waals surface area (Å²) in [5.41, 5.74) is -7.15. The smallest absolute Gasteiger partial charge is 0.323 e. The summed E-state index contributed by atoms with van der Waals surface area (Å²) < 4.78 is 12.8. The lowest BCUT2D eigenvalue weighted by molar-refractivity contribution is -0.371. The van der Waals surface area contributed by atoms with Crippen molar-refractivity contribution < 1.29 is 34.4 Å². The number of hydrogen-bond donors (Lipinski definition) is 3. The molecule has 0 amide bonds. The molecule has 2 saturated heterocycles. The lowest BCUT2D eigenvalue weighted by atomic mass is 9.40. The van der Waals surface area contributed by atoms with Gasteiger partial charge in [-0.05, 0) is 64.5 Å². The molecule has 8 nitrogen and oxygen atoms in total. The Labute approximate surface area is 239 Å². The maximum absolute atomic E-state index is 14.0. The van der Waals surface area contributed by atoms with E-state index in [4.69, 9.17) is 9.47 Å². The van der Waals surface area contributed by atoms with Gasteiger partial charge >= 0.3 is 5.97 Å². The Hall–Kier alpha value is -1.03. The summed E-state index contributed by atoms with van der Waals surface area (Å²) in [5.74, 6) is -1.69. The standard InChI is InChI=1S/C30H49NO7.ClH/c1-8-13-19(31-16-11-10-12-17-31)25(35)37-24-22(34)23-26(3,4)15-14-20(32)28(23,6)30(36)21(33)18-27(5,9-2)38-29(24,30)7;/h9,19-20,22-24,32,34,36H,2,8,10-18H2,1,3-7H3;1H/t19?,20-,22-,23-,24-,27-,28-,29+,30-;/m0./s1. The second-order valence-electron chi connectivity index (χ2n) is 13.6. The van der Waals surface area contributed by atoms with Gasteiger partial charge in [-0.1, -0.05) is 46.6 Å². The third-order valence-corrected chi connectivity index (χ3v) is 10.6. The molecular formula is C30H50ClNO7. The van der Waals surface area contributed by atoms with Crippen LogP contribution in [-0.4, -0.2) is 86.2 Å². The van der Waals surface area contributed by atoms with E-state index in [9.17, 15) is 24.9 Å². The third kappa shape index (κ3) is 4.71. The zero-order valence-corrected chi connectivity index (χ0v) is 25.4. The van der Waals surface area contributed by atoms with Crippen molar-refractivity contribution in [3.63, 3.8) is 0 Å². The number of aliphatic hydroxyl groups is 3. The number of piperidine rings is 1. The Morgan fingerprint density at radius 2 is 1.79 bits per heavy atom. The van der Waals surface area contributed by atoms with Crippen molar-refractivity contribution in [3.8, 4) is 0 Å². The van der Waals surface area contributed by atoms with Gasteiger partial charge in [0.1, 0.15) is 11.6 Å². The van der Waals surface area contributed by atoms with E-state index in [0.717, 1.165) is 38.8 Å². The molecule has 1 unspecified atom stereocenters. The Balaban J connectivity index is 0.00000420. The van der Waals surface area contributed by atoms with Crippen LogP contribution in [-0.2, 0) is 19.1 Å². The van der Waals surface area contributed by atoms with Gasteiger partial charge < -0.3 is 24.8 Å². The molecule has 0 aromatic rings. The van der Waals surface area contributed by atoms with Crippen LogP contribution in [0.15, 0.2) is 12.7 Å². The van der Waals surface area contributed by atoms with Crippen LogP contribution in [0.1, 0.15) is 92.9 Å². The van der Waals surface area contributed by atoms with E-state index in [1.807, 2.05) is 20.8 Å². The molecule has 3 N–H and O–H groups in total. The topological polar surface area (TPSA) is 117 Å². The molecule has 4 rings (SSSR count). The number of carbonyl (C=O) groups excluding carboxylic acids is 2. The summed E-state index contributed by atoms with van der Waals surface area (Å²) in [6.45, 7) is 16.4. The Kier molecular flexibility index (Phi) is 9.15. The normalized spacial score (nSPS) is 44.8. The van der Waals surface area contributed by atoms with Gasteiger partial charge in [0.05, 0.1) is 17.8 Å². The number of rotatable bonds is 6. The van der Waals surface area contributed by atoms with Crippen molar-refractivity contribution in [2.75, 3.05) is 13.1 Å². The van der Waals surface area contributed by atoms with Crippen molar-refractivity contribution in [1.82, 2.24) is 4.90 Å². The van der Waals surface area contributed by atoms with E-state index >= 15 is 0 Å². The number of halogens is 1. The molecule has 0 aromatic heterocycles. The van der Waals surface area contributed by atoms with Crippen LogP contribution in [0.5, 0.6) is 0 Å². The first-order chi connectivity index (χ1) is 17.6. The van der Waals surface area contributed by atoms with Crippen molar-refractivity contribution in [1.29, 1.82) is 0 Å². The summed E-state index contributed by atoms with van der Waals surface area (Å²) in [6.07, 6.45) is 3.23. The Bertz CT molecular complexity index is 954. The van der Waals surface area contributed by atoms with Crippen LogP contribution >= 0.6 is 12.4 Å². The molecule has 0 radical (unpaired) electrons. The number of hydrogen-bond acceptors (Lipinski definition) is 8. The fourth-order valence-corrected chi connectivity index (χ4v) is 8.64. The maximum Gasteiger partial charge on any atom is 0.323 e. The van der Waals surface area contributed by atoms with Crippen LogP contribution in [0, 0.1) is 16.7 Å². The van der Waals surface area contributed by atoms with Gasteiger partial charge in [-0.3, -0.25) is 14.5 Å². The predicted molar refractivity (Wildman–Crippen MR) is 151 cm³/mol. The van der Waals surface area contributed by atoms with Gasteiger partial charge in [0.15, 0.2) is 17.5 Å². The zero-order valence-electron chi connectivity index (χ0n) is 24.6. The van der Waals surface area contributed by atoms with Crippen LogP contribution < -0.4 is 0 Å². The minimum Gasteiger partial charge on any atom is -0.455 e. The van der Waals surface area contributed by atoms with Crippen molar-refractivity contribution >= 4 is 24.2 Å². The average molecular weight is 572 g/mol. The number of likely N-dealkylation sites (tertiary alicyclic amines) is 1. The molecule has 4 fully saturated rings. The highest BCUT2D eigenvalue weighted by Gasteiger charge is 2.81.